The Kier molecular flexibility index (Phi) is 5.98. The number of guanidine groups is 1. The van der Waals surface area contributed by atoms with Crippen LogP contribution in [0.15, 0.2) is 46.0 Å². The number of hydrogen-bond acceptors (Lipinski definition) is 3. The first kappa shape index (κ1) is 18.0. The summed E-state index contributed by atoms with van der Waals surface area (Å²) < 4.78 is 18.6. The van der Waals surface area contributed by atoms with Crippen molar-refractivity contribution in [2.24, 2.45) is 4.99 Å². The van der Waals surface area contributed by atoms with E-state index >= 15 is 0 Å². The molecule has 0 aliphatic heterocycles. The van der Waals surface area contributed by atoms with Gasteiger partial charge in [-0.2, -0.15) is 0 Å². The Morgan fingerprint density at radius 3 is 2.75 bits per heavy atom. The lowest BCUT2D eigenvalue weighted by molar-refractivity contribution is 0.0386. The van der Waals surface area contributed by atoms with Gasteiger partial charge in [0.2, 0.25) is 0 Å². The summed E-state index contributed by atoms with van der Waals surface area (Å²) in [6.45, 7) is 6.72. The number of nitrogens with zero attached hydrogens (tertiary/aromatic N) is 1. The molecule has 3 N–H and O–H groups in total. The first-order valence-electron chi connectivity index (χ1n) is 7.96. The van der Waals surface area contributed by atoms with Crippen LogP contribution in [0.5, 0.6) is 0 Å². The second-order valence-electron chi connectivity index (χ2n) is 5.88. The maximum absolute atomic E-state index is 13.3. The molecule has 0 amide bonds. The molecule has 1 unspecified atom stereocenters. The summed E-state index contributed by atoms with van der Waals surface area (Å²) in [5.74, 6) is 0.841. The highest BCUT2D eigenvalue weighted by Gasteiger charge is 2.26. The summed E-state index contributed by atoms with van der Waals surface area (Å²) in [7, 11) is 0. The highest BCUT2D eigenvalue weighted by Crippen LogP contribution is 2.19. The summed E-state index contributed by atoms with van der Waals surface area (Å²) in [4.78, 5) is 4.47. The van der Waals surface area contributed by atoms with Crippen LogP contribution in [0.1, 0.15) is 30.7 Å². The van der Waals surface area contributed by atoms with E-state index in [1.165, 1.54) is 12.3 Å². The summed E-state index contributed by atoms with van der Waals surface area (Å²) >= 11 is 0. The lowest BCUT2D eigenvalue weighted by Crippen LogP contribution is -2.44. The summed E-state index contributed by atoms with van der Waals surface area (Å²) in [5.41, 5.74) is 0.372. The monoisotopic (exact) mass is 333 g/mol. The van der Waals surface area contributed by atoms with Crippen molar-refractivity contribution in [3.8, 4) is 0 Å². The SMILES string of the molecule is CCNC(=NCc1ccc(F)c(C)c1)NCC(C)(O)c1ccco1. The number of furan rings is 1. The molecule has 1 atom stereocenters. The molecule has 0 fully saturated rings. The predicted octanol–water partition coefficient (Wildman–Crippen LogP) is 2.69. The normalized spacial score (nSPS) is 14.3. The van der Waals surface area contributed by atoms with Gasteiger partial charge in [-0.3, -0.25) is 0 Å². The van der Waals surface area contributed by atoms with Crippen LogP contribution in [0.3, 0.4) is 0 Å². The zero-order valence-electron chi connectivity index (χ0n) is 14.3. The molecule has 130 valence electrons. The number of aliphatic imine (C=N–C) groups is 1. The second kappa shape index (κ2) is 7.97. The smallest absolute Gasteiger partial charge is 0.191 e. The standard InChI is InChI=1S/C18H24FN3O2/c1-4-20-17(21-11-14-7-8-15(19)13(2)10-14)22-12-18(3,23)16-6-5-9-24-16/h5-10,23H,4,11-12H2,1-3H3,(H2,20,21,22). The van der Waals surface area contributed by atoms with E-state index in [2.05, 4.69) is 15.6 Å². The van der Waals surface area contributed by atoms with E-state index in [0.717, 1.165) is 5.56 Å². The van der Waals surface area contributed by atoms with Crippen LogP contribution in [0.4, 0.5) is 4.39 Å². The fourth-order valence-corrected chi connectivity index (χ4v) is 2.25. The van der Waals surface area contributed by atoms with E-state index in [0.29, 0.717) is 30.4 Å². The average Bonchev–Trinajstić information content (AvgIpc) is 3.09. The molecule has 2 rings (SSSR count). The van der Waals surface area contributed by atoms with Gasteiger partial charge in [0.1, 0.15) is 17.2 Å². The molecule has 5 nitrogen and oxygen atoms in total. The third-order valence-corrected chi connectivity index (χ3v) is 3.64. The van der Waals surface area contributed by atoms with Gasteiger partial charge in [-0.25, -0.2) is 9.38 Å². The number of rotatable bonds is 6. The van der Waals surface area contributed by atoms with Crippen molar-refractivity contribution in [1.82, 2.24) is 10.6 Å². The molecular formula is C18H24FN3O2. The first-order chi connectivity index (χ1) is 11.4. The Morgan fingerprint density at radius 1 is 1.33 bits per heavy atom. The predicted molar refractivity (Wildman–Crippen MR) is 92.2 cm³/mol. The Bertz CT molecular complexity index is 682. The minimum atomic E-state index is -1.15. The van der Waals surface area contributed by atoms with Gasteiger partial charge in [0.15, 0.2) is 5.96 Å². The molecule has 0 saturated carbocycles. The van der Waals surface area contributed by atoms with E-state index in [1.807, 2.05) is 6.92 Å². The number of aliphatic hydroxyl groups is 1. The van der Waals surface area contributed by atoms with E-state index in [1.54, 1.807) is 38.1 Å². The van der Waals surface area contributed by atoms with Crippen molar-refractivity contribution in [3.63, 3.8) is 0 Å². The molecule has 6 heteroatoms. The Morgan fingerprint density at radius 2 is 2.12 bits per heavy atom. The zero-order valence-corrected chi connectivity index (χ0v) is 14.3. The van der Waals surface area contributed by atoms with Gasteiger partial charge in [0.25, 0.3) is 0 Å². The highest BCUT2D eigenvalue weighted by atomic mass is 19.1. The van der Waals surface area contributed by atoms with Gasteiger partial charge in [0, 0.05) is 6.54 Å². The number of aryl methyl sites for hydroxylation is 1. The summed E-state index contributed by atoms with van der Waals surface area (Å²) in [6, 6.07) is 8.41. The first-order valence-corrected chi connectivity index (χ1v) is 7.96. The molecule has 0 radical (unpaired) electrons. The maximum Gasteiger partial charge on any atom is 0.191 e. The molecule has 0 spiro atoms. The molecule has 0 saturated heterocycles. The van der Waals surface area contributed by atoms with Gasteiger partial charge < -0.3 is 20.2 Å². The Labute approximate surface area is 141 Å². The van der Waals surface area contributed by atoms with Crippen LogP contribution in [-0.2, 0) is 12.1 Å². The lowest BCUT2D eigenvalue weighted by Gasteiger charge is -2.22. The van der Waals surface area contributed by atoms with Crippen LogP contribution in [0.2, 0.25) is 0 Å². The van der Waals surface area contributed by atoms with Gasteiger partial charge in [-0.15, -0.1) is 0 Å². The van der Waals surface area contributed by atoms with Crippen molar-refractivity contribution < 1.29 is 13.9 Å². The van der Waals surface area contributed by atoms with Crippen LogP contribution in [0, 0.1) is 12.7 Å². The highest BCUT2D eigenvalue weighted by molar-refractivity contribution is 5.79. The van der Waals surface area contributed by atoms with Gasteiger partial charge >= 0.3 is 0 Å². The molecular weight excluding hydrogens is 309 g/mol. The van der Waals surface area contributed by atoms with Gasteiger partial charge in [0.05, 0.1) is 19.4 Å². The van der Waals surface area contributed by atoms with Crippen molar-refractivity contribution in [2.75, 3.05) is 13.1 Å². The van der Waals surface area contributed by atoms with E-state index in [-0.39, 0.29) is 12.4 Å². The molecule has 0 bridgehead atoms. The average molecular weight is 333 g/mol. The minimum absolute atomic E-state index is 0.220. The molecule has 1 aromatic heterocycles. The summed E-state index contributed by atoms with van der Waals surface area (Å²) in [5, 5.41) is 16.7. The minimum Gasteiger partial charge on any atom is -0.466 e. The lowest BCUT2D eigenvalue weighted by atomic mass is 10.0. The van der Waals surface area contributed by atoms with Crippen LogP contribution >= 0.6 is 0 Å². The van der Waals surface area contributed by atoms with Crippen molar-refractivity contribution >= 4 is 5.96 Å². The molecule has 1 aromatic carbocycles. The topological polar surface area (TPSA) is 69.8 Å². The fourth-order valence-electron chi connectivity index (χ4n) is 2.25. The van der Waals surface area contributed by atoms with Crippen molar-refractivity contribution in [1.29, 1.82) is 0 Å². The largest absolute Gasteiger partial charge is 0.466 e. The summed E-state index contributed by atoms with van der Waals surface area (Å²) in [6.07, 6.45) is 1.53. The number of hydrogen-bond donors (Lipinski definition) is 3. The second-order valence-corrected chi connectivity index (χ2v) is 5.88. The zero-order chi connectivity index (χ0) is 17.6. The Balaban J connectivity index is 2.01. The van der Waals surface area contributed by atoms with Gasteiger partial charge in [-0.05, 0) is 50.1 Å². The molecule has 2 aromatic rings. The fraction of sp³-hybridized carbons (Fsp3) is 0.389. The molecule has 0 aliphatic rings. The molecule has 24 heavy (non-hydrogen) atoms. The number of benzene rings is 1. The van der Waals surface area contributed by atoms with Crippen LogP contribution < -0.4 is 10.6 Å². The third kappa shape index (κ3) is 4.83. The number of halogens is 1. The van der Waals surface area contributed by atoms with Crippen molar-refractivity contribution in [3.05, 3.63) is 59.3 Å². The maximum atomic E-state index is 13.3. The van der Waals surface area contributed by atoms with Crippen molar-refractivity contribution in [2.45, 2.75) is 32.9 Å². The van der Waals surface area contributed by atoms with Crippen LogP contribution in [0.25, 0.3) is 0 Å². The van der Waals surface area contributed by atoms with Crippen LogP contribution in [-0.4, -0.2) is 24.2 Å². The van der Waals surface area contributed by atoms with Gasteiger partial charge in [-0.1, -0.05) is 12.1 Å². The number of nitrogens with one attached hydrogen (secondary N) is 2. The quantitative estimate of drug-likeness (QED) is 0.561. The Hall–Kier alpha value is -2.34. The van der Waals surface area contributed by atoms with E-state index in [4.69, 9.17) is 4.42 Å². The van der Waals surface area contributed by atoms with E-state index < -0.39 is 5.60 Å². The molecule has 1 heterocycles. The van der Waals surface area contributed by atoms with E-state index in [9.17, 15) is 9.50 Å². The molecule has 0 aliphatic carbocycles. The third-order valence-electron chi connectivity index (χ3n) is 3.64.